The van der Waals surface area contributed by atoms with Crippen LogP contribution in [0.4, 0.5) is 0 Å². The molecular weight excluding hydrogens is 404 g/mol. The third-order valence-electron chi connectivity index (χ3n) is 6.10. The van der Waals surface area contributed by atoms with Crippen LogP contribution in [-0.2, 0) is 14.9 Å². The highest BCUT2D eigenvalue weighted by molar-refractivity contribution is 5.81. The predicted octanol–water partition coefficient (Wildman–Crippen LogP) is 4.14. The van der Waals surface area contributed by atoms with E-state index in [4.69, 9.17) is 14.2 Å². The van der Waals surface area contributed by atoms with E-state index in [0.29, 0.717) is 31.1 Å². The van der Waals surface area contributed by atoms with Crippen LogP contribution in [0.15, 0.2) is 42.5 Å². The molecule has 1 unspecified atom stereocenters. The molecule has 0 radical (unpaired) electrons. The maximum Gasteiger partial charge on any atom is 0.261 e. The maximum absolute atomic E-state index is 13.2. The zero-order valence-electron chi connectivity index (χ0n) is 19.3. The predicted molar refractivity (Wildman–Crippen MR) is 123 cm³/mol. The van der Waals surface area contributed by atoms with Gasteiger partial charge < -0.3 is 19.5 Å². The molecule has 1 aliphatic heterocycles. The Morgan fingerprint density at radius 2 is 1.91 bits per heavy atom. The van der Waals surface area contributed by atoms with Gasteiger partial charge in [-0.3, -0.25) is 4.79 Å². The van der Waals surface area contributed by atoms with Gasteiger partial charge in [0.25, 0.3) is 5.91 Å². The summed E-state index contributed by atoms with van der Waals surface area (Å²) in [6, 6.07) is 15.3. The highest BCUT2D eigenvalue weighted by Crippen LogP contribution is 2.40. The van der Waals surface area contributed by atoms with Crippen LogP contribution in [0.2, 0.25) is 0 Å². The van der Waals surface area contributed by atoms with E-state index in [9.17, 15) is 10.1 Å². The summed E-state index contributed by atoms with van der Waals surface area (Å²) in [6.45, 7) is 7.66. The number of aryl methyl sites for hydroxylation is 1. The van der Waals surface area contributed by atoms with Crippen molar-refractivity contribution in [2.45, 2.75) is 45.1 Å². The molecule has 170 valence electrons. The van der Waals surface area contributed by atoms with E-state index in [-0.39, 0.29) is 17.2 Å². The topological polar surface area (TPSA) is 80.6 Å². The highest BCUT2D eigenvalue weighted by atomic mass is 16.5. The number of hydrogen-bond donors (Lipinski definition) is 1. The number of benzene rings is 2. The SMILES string of the molecule is COc1ccc(C)cc1C1(CNC(=O)C(Oc2ccccc2C#N)C(C)C)CCOCC1. The molecule has 6 heteroatoms. The fourth-order valence-electron chi connectivity index (χ4n) is 4.19. The lowest BCUT2D eigenvalue weighted by molar-refractivity contribution is -0.130. The normalized spacial score (nSPS) is 16.1. The fraction of sp³-hybridized carbons (Fsp3) is 0.462. The summed E-state index contributed by atoms with van der Waals surface area (Å²) in [5.74, 6) is 0.988. The first-order valence-electron chi connectivity index (χ1n) is 11.1. The summed E-state index contributed by atoms with van der Waals surface area (Å²) < 4.78 is 17.3. The van der Waals surface area contributed by atoms with Gasteiger partial charge in [-0.15, -0.1) is 0 Å². The van der Waals surface area contributed by atoms with Crippen molar-refractivity contribution in [2.24, 2.45) is 5.92 Å². The fourth-order valence-corrected chi connectivity index (χ4v) is 4.19. The average Bonchev–Trinajstić information content (AvgIpc) is 2.81. The zero-order chi connectivity index (χ0) is 23.1. The van der Waals surface area contributed by atoms with Crippen LogP contribution in [0.1, 0.15) is 43.4 Å². The molecule has 3 rings (SSSR count). The Balaban J connectivity index is 1.83. The van der Waals surface area contributed by atoms with Crippen molar-refractivity contribution in [3.8, 4) is 17.6 Å². The molecule has 1 fully saturated rings. The van der Waals surface area contributed by atoms with Crippen molar-refractivity contribution < 1.29 is 19.0 Å². The molecule has 1 aliphatic rings. The van der Waals surface area contributed by atoms with E-state index >= 15 is 0 Å². The summed E-state index contributed by atoms with van der Waals surface area (Å²) in [5.41, 5.74) is 2.38. The van der Waals surface area contributed by atoms with Gasteiger partial charge in [0.05, 0.1) is 12.7 Å². The Labute approximate surface area is 190 Å². The van der Waals surface area contributed by atoms with E-state index in [1.54, 1.807) is 31.4 Å². The van der Waals surface area contributed by atoms with E-state index in [2.05, 4.69) is 24.4 Å². The summed E-state index contributed by atoms with van der Waals surface area (Å²) >= 11 is 0. The first kappa shape index (κ1) is 23.6. The van der Waals surface area contributed by atoms with E-state index in [1.165, 1.54) is 0 Å². The number of nitrogens with one attached hydrogen (secondary N) is 1. The Morgan fingerprint density at radius 1 is 1.19 bits per heavy atom. The van der Waals surface area contributed by atoms with Crippen molar-refractivity contribution in [1.82, 2.24) is 5.32 Å². The van der Waals surface area contributed by atoms with Gasteiger partial charge in [0.1, 0.15) is 17.6 Å². The molecule has 1 saturated heterocycles. The molecule has 2 aromatic rings. The van der Waals surface area contributed by atoms with Crippen LogP contribution in [0.3, 0.4) is 0 Å². The number of nitriles is 1. The van der Waals surface area contributed by atoms with Gasteiger partial charge in [-0.25, -0.2) is 0 Å². The second kappa shape index (κ2) is 10.5. The van der Waals surface area contributed by atoms with Crippen molar-refractivity contribution in [2.75, 3.05) is 26.9 Å². The number of nitrogens with zero attached hydrogens (tertiary/aromatic N) is 1. The van der Waals surface area contributed by atoms with Crippen molar-refractivity contribution in [1.29, 1.82) is 5.26 Å². The minimum absolute atomic E-state index is 0.0686. The summed E-state index contributed by atoms with van der Waals surface area (Å²) in [5, 5.41) is 12.5. The van der Waals surface area contributed by atoms with Crippen LogP contribution in [0, 0.1) is 24.2 Å². The number of hydrogen-bond acceptors (Lipinski definition) is 5. The molecule has 1 amide bonds. The molecule has 1 N–H and O–H groups in total. The van der Waals surface area contributed by atoms with E-state index in [0.717, 1.165) is 29.7 Å². The van der Waals surface area contributed by atoms with E-state index in [1.807, 2.05) is 26.0 Å². The lowest BCUT2D eigenvalue weighted by Gasteiger charge is -2.39. The first-order chi connectivity index (χ1) is 15.4. The van der Waals surface area contributed by atoms with Gasteiger partial charge in [-0.1, -0.05) is 43.7 Å². The van der Waals surface area contributed by atoms with Gasteiger partial charge in [-0.2, -0.15) is 5.26 Å². The molecule has 0 bridgehead atoms. The van der Waals surface area contributed by atoms with Gasteiger partial charge in [0.2, 0.25) is 0 Å². The van der Waals surface area contributed by atoms with Crippen molar-refractivity contribution in [3.63, 3.8) is 0 Å². The smallest absolute Gasteiger partial charge is 0.261 e. The molecule has 1 heterocycles. The number of methoxy groups -OCH3 is 1. The highest BCUT2D eigenvalue weighted by Gasteiger charge is 2.38. The minimum Gasteiger partial charge on any atom is -0.496 e. The quantitative estimate of drug-likeness (QED) is 0.673. The monoisotopic (exact) mass is 436 g/mol. The van der Waals surface area contributed by atoms with Crippen LogP contribution in [0.5, 0.6) is 11.5 Å². The second-order valence-corrected chi connectivity index (χ2v) is 8.70. The third kappa shape index (κ3) is 5.23. The third-order valence-corrected chi connectivity index (χ3v) is 6.10. The van der Waals surface area contributed by atoms with E-state index < -0.39 is 6.10 Å². The maximum atomic E-state index is 13.2. The molecule has 2 aromatic carbocycles. The summed E-state index contributed by atoms with van der Waals surface area (Å²) in [6.07, 6.45) is 0.871. The van der Waals surface area contributed by atoms with Crippen molar-refractivity contribution >= 4 is 5.91 Å². The first-order valence-corrected chi connectivity index (χ1v) is 11.1. The Hall–Kier alpha value is -3.04. The Bertz CT molecular complexity index is 974. The lowest BCUT2D eigenvalue weighted by Crippen LogP contribution is -2.49. The van der Waals surface area contributed by atoms with Gasteiger partial charge >= 0.3 is 0 Å². The van der Waals surface area contributed by atoms with Gasteiger partial charge in [0.15, 0.2) is 6.10 Å². The number of para-hydroxylation sites is 1. The van der Waals surface area contributed by atoms with Crippen LogP contribution in [0.25, 0.3) is 0 Å². The largest absolute Gasteiger partial charge is 0.496 e. The number of carbonyl (C=O) groups is 1. The number of amides is 1. The van der Waals surface area contributed by atoms with Gasteiger partial charge in [-0.05, 0) is 43.9 Å². The minimum atomic E-state index is -0.708. The molecule has 0 aliphatic carbocycles. The molecule has 0 spiro atoms. The summed E-state index contributed by atoms with van der Waals surface area (Å²) in [7, 11) is 1.68. The lowest BCUT2D eigenvalue weighted by atomic mass is 9.73. The standard InChI is InChI=1S/C26H32N2O4/c1-18(2)24(32-22-8-6-5-7-20(22)16-27)25(29)28-17-26(11-13-31-14-12-26)21-15-19(3)9-10-23(21)30-4/h5-10,15,18,24H,11-14,17H2,1-4H3,(H,28,29). The molecule has 32 heavy (non-hydrogen) atoms. The zero-order valence-corrected chi connectivity index (χ0v) is 19.3. The van der Waals surface area contributed by atoms with Crippen LogP contribution >= 0.6 is 0 Å². The number of carbonyl (C=O) groups excluding carboxylic acids is 1. The van der Waals surface area contributed by atoms with Crippen LogP contribution < -0.4 is 14.8 Å². The molecular formula is C26H32N2O4. The molecule has 0 aromatic heterocycles. The molecule has 6 nitrogen and oxygen atoms in total. The Morgan fingerprint density at radius 3 is 2.56 bits per heavy atom. The molecule has 0 saturated carbocycles. The molecule has 1 atom stereocenters. The number of rotatable bonds is 8. The summed E-state index contributed by atoms with van der Waals surface area (Å²) in [4.78, 5) is 13.2. The second-order valence-electron chi connectivity index (χ2n) is 8.70. The van der Waals surface area contributed by atoms with Crippen molar-refractivity contribution in [3.05, 3.63) is 59.2 Å². The van der Waals surface area contributed by atoms with Gasteiger partial charge in [0, 0.05) is 30.7 Å². The average molecular weight is 437 g/mol. The Kier molecular flexibility index (Phi) is 7.76. The van der Waals surface area contributed by atoms with Crippen LogP contribution in [-0.4, -0.2) is 38.9 Å². The number of ether oxygens (including phenoxy) is 3.